The largest absolute Gasteiger partial charge is 0.389 e. The van der Waals surface area contributed by atoms with E-state index in [4.69, 9.17) is 0 Å². The second kappa shape index (κ2) is 4.94. The molecule has 0 amide bonds. The van der Waals surface area contributed by atoms with Gasteiger partial charge in [-0.15, -0.1) is 0 Å². The third-order valence-electron chi connectivity index (χ3n) is 2.02. The summed E-state index contributed by atoms with van der Waals surface area (Å²) in [4.78, 5) is 6.21. The Morgan fingerprint density at radius 3 is 2.60 bits per heavy atom. The normalized spacial score (nSPS) is 11.5. The van der Waals surface area contributed by atoms with E-state index in [-0.39, 0.29) is 0 Å². The van der Waals surface area contributed by atoms with Gasteiger partial charge in [0.2, 0.25) is 0 Å². The van der Waals surface area contributed by atoms with Crippen LogP contribution in [0.5, 0.6) is 0 Å². The van der Waals surface area contributed by atoms with Crippen LogP contribution in [0.1, 0.15) is 20.8 Å². The van der Waals surface area contributed by atoms with Crippen LogP contribution in [0.15, 0.2) is 22.9 Å². The summed E-state index contributed by atoms with van der Waals surface area (Å²) >= 11 is 3.39. The minimum Gasteiger partial charge on any atom is -0.389 e. The molecule has 0 radical (unpaired) electrons. The first-order valence-electron chi connectivity index (χ1n) is 5.00. The topological polar surface area (TPSA) is 36.4 Å². The zero-order valence-electron chi connectivity index (χ0n) is 9.37. The third-order valence-corrected chi connectivity index (χ3v) is 2.45. The predicted octanol–water partition coefficient (Wildman–Crippen LogP) is 2.44. The quantitative estimate of drug-likeness (QED) is 0.915. The second-order valence-electron chi connectivity index (χ2n) is 4.19. The highest BCUT2D eigenvalue weighted by atomic mass is 79.9. The number of rotatable bonds is 4. The number of pyridine rings is 1. The second-order valence-corrected chi connectivity index (χ2v) is 5.10. The molecule has 15 heavy (non-hydrogen) atoms. The van der Waals surface area contributed by atoms with Gasteiger partial charge in [0, 0.05) is 23.8 Å². The van der Waals surface area contributed by atoms with E-state index in [0.29, 0.717) is 6.54 Å². The lowest BCUT2D eigenvalue weighted by Gasteiger charge is -2.29. The number of anilines is 1. The van der Waals surface area contributed by atoms with E-state index in [0.717, 1.165) is 16.7 Å². The molecule has 1 aromatic heterocycles. The van der Waals surface area contributed by atoms with Crippen LogP contribution in [0, 0.1) is 0 Å². The molecule has 1 aromatic rings. The SMILES string of the molecule is CCN(CC(C)(C)O)c1cncc(Br)c1. The zero-order chi connectivity index (χ0) is 11.5. The Balaban J connectivity index is 2.83. The molecule has 0 unspecified atom stereocenters. The van der Waals surface area contributed by atoms with E-state index < -0.39 is 5.60 Å². The fourth-order valence-corrected chi connectivity index (χ4v) is 1.78. The van der Waals surface area contributed by atoms with E-state index in [1.807, 2.05) is 6.07 Å². The van der Waals surface area contributed by atoms with Gasteiger partial charge in [0.1, 0.15) is 0 Å². The summed E-state index contributed by atoms with van der Waals surface area (Å²) in [6.45, 7) is 7.12. The number of aliphatic hydroxyl groups is 1. The molecule has 0 saturated heterocycles. The molecule has 1 N–H and O–H groups in total. The molecule has 0 aliphatic heterocycles. The molecule has 0 spiro atoms. The van der Waals surface area contributed by atoms with Crippen LogP contribution in [-0.2, 0) is 0 Å². The standard InChI is InChI=1S/C11H17BrN2O/c1-4-14(8-11(2,3)15)10-5-9(12)6-13-7-10/h5-7,15H,4,8H2,1-3H3. The van der Waals surface area contributed by atoms with Crippen molar-refractivity contribution in [3.63, 3.8) is 0 Å². The summed E-state index contributed by atoms with van der Waals surface area (Å²) in [6, 6.07) is 2.00. The van der Waals surface area contributed by atoms with Crippen LogP contribution < -0.4 is 4.90 Å². The van der Waals surface area contributed by atoms with Gasteiger partial charge in [0.25, 0.3) is 0 Å². The smallest absolute Gasteiger partial charge is 0.0765 e. The first kappa shape index (κ1) is 12.5. The molecule has 0 aliphatic rings. The summed E-state index contributed by atoms with van der Waals surface area (Å²) in [6.07, 6.45) is 3.56. The van der Waals surface area contributed by atoms with Crippen molar-refractivity contribution in [1.82, 2.24) is 4.98 Å². The molecule has 1 rings (SSSR count). The maximum Gasteiger partial charge on any atom is 0.0765 e. The molecule has 0 atom stereocenters. The van der Waals surface area contributed by atoms with Crippen LogP contribution in [-0.4, -0.2) is 28.8 Å². The molecule has 84 valence electrons. The predicted molar refractivity (Wildman–Crippen MR) is 66.1 cm³/mol. The van der Waals surface area contributed by atoms with Gasteiger partial charge in [0.05, 0.1) is 17.5 Å². The van der Waals surface area contributed by atoms with Gasteiger partial charge in [-0.1, -0.05) is 0 Å². The fraction of sp³-hybridized carbons (Fsp3) is 0.545. The summed E-state index contributed by atoms with van der Waals surface area (Å²) in [5.74, 6) is 0. The van der Waals surface area contributed by atoms with Crippen molar-refractivity contribution in [2.75, 3.05) is 18.0 Å². The number of hydrogen-bond donors (Lipinski definition) is 1. The van der Waals surface area contributed by atoms with E-state index in [2.05, 4.69) is 32.7 Å². The minimum absolute atomic E-state index is 0.599. The van der Waals surface area contributed by atoms with Crippen molar-refractivity contribution in [3.8, 4) is 0 Å². The van der Waals surface area contributed by atoms with Crippen LogP contribution in [0.2, 0.25) is 0 Å². The lowest BCUT2D eigenvalue weighted by Crippen LogP contribution is -2.38. The maximum absolute atomic E-state index is 9.78. The molecule has 0 aromatic carbocycles. The Bertz CT molecular complexity index is 323. The highest BCUT2D eigenvalue weighted by molar-refractivity contribution is 9.10. The first-order chi connectivity index (χ1) is 6.92. The zero-order valence-corrected chi connectivity index (χ0v) is 11.0. The van der Waals surface area contributed by atoms with Gasteiger partial charge >= 0.3 is 0 Å². The summed E-state index contributed by atoms with van der Waals surface area (Å²) < 4.78 is 0.953. The maximum atomic E-state index is 9.78. The third kappa shape index (κ3) is 4.18. The van der Waals surface area contributed by atoms with Gasteiger partial charge < -0.3 is 10.0 Å². The van der Waals surface area contributed by atoms with Crippen molar-refractivity contribution in [2.24, 2.45) is 0 Å². The average molecular weight is 273 g/mol. The summed E-state index contributed by atoms with van der Waals surface area (Å²) in [7, 11) is 0. The lowest BCUT2D eigenvalue weighted by atomic mass is 10.1. The number of likely N-dealkylation sites (N-methyl/N-ethyl adjacent to an activating group) is 1. The monoisotopic (exact) mass is 272 g/mol. The van der Waals surface area contributed by atoms with E-state index in [1.165, 1.54) is 0 Å². The van der Waals surface area contributed by atoms with Gasteiger partial charge in [-0.05, 0) is 42.8 Å². The molecule has 4 heteroatoms. The lowest BCUT2D eigenvalue weighted by molar-refractivity contribution is 0.0876. The van der Waals surface area contributed by atoms with Crippen LogP contribution in [0.3, 0.4) is 0 Å². The van der Waals surface area contributed by atoms with Crippen molar-refractivity contribution in [1.29, 1.82) is 0 Å². The summed E-state index contributed by atoms with van der Waals surface area (Å²) in [5.41, 5.74) is 0.326. The van der Waals surface area contributed by atoms with Crippen LogP contribution in [0.4, 0.5) is 5.69 Å². The van der Waals surface area contributed by atoms with E-state index in [1.54, 1.807) is 26.2 Å². The number of hydrogen-bond acceptors (Lipinski definition) is 3. The van der Waals surface area contributed by atoms with E-state index >= 15 is 0 Å². The van der Waals surface area contributed by atoms with Gasteiger partial charge in [0.15, 0.2) is 0 Å². The van der Waals surface area contributed by atoms with Gasteiger partial charge in [-0.3, -0.25) is 4.98 Å². The van der Waals surface area contributed by atoms with Crippen molar-refractivity contribution >= 4 is 21.6 Å². The Labute approximate surface area is 99.3 Å². The highest BCUT2D eigenvalue weighted by Gasteiger charge is 2.17. The molecule has 0 fully saturated rings. The Morgan fingerprint density at radius 2 is 2.13 bits per heavy atom. The number of aromatic nitrogens is 1. The molecular formula is C11H17BrN2O. The number of halogens is 1. The molecule has 1 heterocycles. The first-order valence-corrected chi connectivity index (χ1v) is 5.79. The van der Waals surface area contributed by atoms with Gasteiger partial charge in [-0.2, -0.15) is 0 Å². The van der Waals surface area contributed by atoms with E-state index in [9.17, 15) is 5.11 Å². The molecule has 0 saturated carbocycles. The average Bonchev–Trinajstić information content (AvgIpc) is 2.13. The molecule has 0 aliphatic carbocycles. The van der Waals surface area contributed by atoms with Crippen molar-refractivity contribution in [3.05, 3.63) is 22.9 Å². The van der Waals surface area contributed by atoms with Crippen molar-refractivity contribution < 1.29 is 5.11 Å². The highest BCUT2D eigenvalue weighted by Crippen LogP contribution is 2.19. The molecule has 0 bridgehead atoms. The van der Waals surface area contributed by atoms with Crippen molar-refractivity contribution in [2.45, 2.75) is 26.4 Å². The Hall–Kier alpha value is -0.610. The molecule has 3 nitrogen and oxygen atoms in total. The number of nitrogens with zero attached hydrogens (tertiary/aromatic N) is 2. The Kier molecular flexibility index (Phi) is 4.11. The summed E-state index contributed by atoms with van der Waals surface area (Å²) in [5, 5.41) is 9.78. The molecular weight excluding hydrogens is 256 g/mol. The van der Waals surface area contributed by atoms with Crippen LogP contribution >= 0.6 is 15.9 Å². The Morgan fingerprint density at radius 1 is 1.47 bits per heavy atom. The van der Waals surface area contributed by atoms with Gasteiger partial charge in [-0.25, -0.2) is 0 Å². The fourth-order valence-electron chi connectivity index (χ4n) is 1.43. The minimum atomic E-state index is -0.696. The van der Waals surface area contributed by atoms with Crippen LogP contribution in [0.25, 0.3) is 0 Å².